The molecule has 0 aromatic carbocycles. The van der Waals surface area contributed by atoms with Gasteiger partial charge < -0.3 is 5.11 Å². The van der Waals surface area contributed by atoms with E-state index in [4.69, 9.17) is 10.4 Å². The lowest BCUT2D eigenvalue weighted by molar-refractivity contribution is 0.266. The van der Waals surface area contributed by atoms with Crippen molar-refractivity contribution in [3.05, 3.63) is 0 Å². The van der Waals surface area contributed by atoms with Crippen LogP contribution >= 0.6 is 0 Å². The van der Waals surface area contributed by atoms with Crippen molar-refractivity contribution in [2.45, 2.75) is 38.8 Å². The van der Waals surface area contributed by atoms with Crippen LogP contribution in [0.25, 0.3) is 0 Å². The average Bonchev–Trinajstić information content (AvgIpc) is 2.01. The first-order valence-corrected chi connectivity index (χ1v) is 4.01. The minimum absolute atomic E-state index is 0.0726. The molecule has 3 nitrogen and oxygen atoms in total. The molecule has 0 saturated carbocycles. The number of nitriles is 1. The summed E-state index contributed by atoms with van der Waals surface area (Å²) >= 11 is 0. The van der Waals surface area contributed by atoms with E-state index in [-0.39, 0.29) is 18.7 Å². The van der Waals surface area contributed by atoms with E-state index in [1.54, 1.807) is 0 Å². The van der Waals surface area contributed by atoms with Crippen molar-refractivity contribution in [3.8, 4) is 6.07 Å². The fraction of sp³-hybridized carbons (Fsp3) is 0.875. The molecular formula is C8H16N2O. The summed E-state index contributed by atoms with van der Waals surface area (Å²) in [6, 6.07) is 2.30. The van der Waals surface area contributed by atoms with Gasteiger partial charge in [-0.05, 0) is 19.8 Å². The number of hydrogen-bond donors (Lipinski definition) is 2. The minimum Gasteiger partial charge on any atom is -0.396 e. The number of nitrogens with one attached hydrogen (secondary N) is 1. The van der Waals surface area contributed by atoms with Crippen LogP contribution < -0.4 is 5.32 Å². The highest BCUT2D eigenvalue weighted by Crippen LogP contribution is 1.94. The molecule has 0 aliphatic carbocycles. The van der Waals surface area contributed by atoms with Gasteiger partial charge in [0.15, 0.2) is 0 Å². The molecular weight excluding hydrogens is 140 g/mol. The van der Waals surface area contributed by atoms with E-state index >= 15 is 0 Å². The SMILES string of the molecule is CCC(C#N)NC(C)CCO. The molecule has 2 N–H and O–H groups in total. The molecule has 64 valence electrons. The number of aliphatic hydroxyl groups is 1. The number of nitrogens with zero attached hydrogens (tertiary/aromatic N) is 1. The zero-order chi connectivity index (χ0) is 8.69. The Kier molecular flexibility index (Phi) is 5.81. The third kappa shape index (κ3) is 4.77. The molecule has 0 aromatic heterocycles. The van der Waals surface area contributed by atoms with Gasteiger partial charge >= 0.3 is 0 Å². The Balaban J connectivity index is 3.55. The van der Waals surface area contributed by atoms with E-state index < -0.39 is 0 Å². The summed E-state index contributed by atoms with van der Waals surface area (Å²) in [6.45, 7) is 4.11. The van der Waals surface area contributed by atoms with Gasteiger partial charge in [-0.2, -0.15) is 5.26 Å². The first kappa shape index (κ1) is 10.4. The second kappa shape index (κ2) is 6.14. The van der Waals surface area contributed by atoms with E-state index in [9.17, 15) is 0 Å². The summed E-state index contributed by atoms with van der Waals surface area (Å²) in [7, 11) is 0. The molecule has 0 heterocycles. The van der Waals surface area contributed by atoms with Gasteiger partial charge in [0, 0.05) is 12.6 Å². The fourth-order valence-corrected chi connectivity index (χ4v) is 0.867. The lowest BCUT2D eigenvalue weighted by atomic mass is 10.2. The Hall–Kier alpha value is -0.590. The first-order chi connectivity index (χ1) is 5.24. The molecule has 0 fully saturated rings. The molecule has 0 radical (unpaired) electrons. The van der Waals surface area contributed by atoms with E-state index in [0.29, 0.717) is 6.42 Å². The van der Waals surface area contributed by atoms with Crippen molar-refractivity contribution in [1.82, 2.24) is 5.32 Å². The predicted molar refractivity (Wildman–Crippen MR) is 44.0 cm³/mol. The van der Waals surface area contributed by atoms with Gasteiger partial charge in [0.05, 0.1) is 12.1 Å². The largest absolute Gasteiger partial charge is 0.396 e. The molecule has 0 amide bonds. The molecule has 0 spiro atoms. The third-order valence-electron chi connectivity index (χ3n) is 1.61. The van der Waals surface area contributed by atoms with Gasteiger partial charge in [-0.3, -0.25) is 5.32 Å². The topological polar surface area (TPSA) is 56.0 Å². The van der Waals surface area contributed by atoms with Crippen LogP contribution in [0, 0.1) is 11.3 Å². The lowest BCUT2D eigenvalue weighted by Crippen LogP contribution is -2.35. The van der Waals surface area contributed by atoms with Crippen LogP contribution in [0.1, 0.15) is 26.7 Å². The predicted octanol–water partition coefficient (Wildman–Crippen LogP) is 0.649. The Bertz CT molecular complexity index is 131. The van der Waals surface area contributed by atoms with E-state index in [2.05, 4.69) is 11.4 Å². The molecule has 3 heteroatoms. The summed E-state index contributed by atoms with van der Waals surface area (Å²) in [4.78, 5) is 0. The molecule has 11 heavy (non-hydrogen) atoms. The summed E-state index contributed by atoms with van der Waals surface area (Å²) in [5.74, 6) is 0. The Morgan fingerprint density at radius 2 is 2.27 bits per heavy atom. The third-order valence-corrected chi connectivity index (χ3v) is 1.61. The molecule has 0 aliphatic rings. The Morgan fingerprint density at radius 1 is 1.64 bits per heavy atom. The summed E-state index contributed by atoms with van der Waals surface area (Å²) in [5, 5.41) is 20.2. The normalized spacial score (nSPS) is 15.5. The van der Waals surface area contributed by atoms with Crippen LogP contribution in [0.5, 0.6) is 0 Å². The summed E-state index contributed by atoms with van der Waals surface area (Å²) in [6.07, 6.45) is 1.52. The minimum atomic E-state index is -0.0726. The molecule has 0 saturated heterocycles. The van der Waals surface area contributed by atoms with Crippen LogP contribution in [-0.4, -0.2) is 23.8 Å². The molecule has 2 atom stereocenters. The van der Waals surface area contributed by atoms with Gasteiger partial charge in [-0.25, -0.2) is 0 Å². The number of rotatable bonds is 5. The molecule has 0 aliphatic heterocycles. The zero-order valence-corrected chi connectivity index (χ0v) is 7.17. The second-order valence-electron chi connectivity index (χ2n) is 2.67. The quantitative estimate of drug-likeness (QED) is 0.614. The molecule has 2 unspecified atom stereocenters. The van der Waals surface area contributed by atoms with Gasteiger partial charge in [-0.1, -0.05) is 6.92 Å². The Labute approximate surface area is 68.0 Å². The monoisotopic (exact) mass is 156 g/mol. The highest BCUT2D eigenvalue weighted by atomic mass is 16.3. The van der Waals surface area contributed by atoms with Crippen LogP contribution in [0.3, 0.4) is 0 Å². The maximum Gasteiger partial charge on any atom is 0.0952 e. The second-order valence-corrected chi connectivity index (χ2v) is 2.67. The van der Waals surface area contributed by atoms with Crippen LogP contribution in [0.15, 0.2) is 0 Å². The van der Waals surface area contributed by atoms with Crippen molar-refractivity contribution in [2.24, 2.45) is 0 Å². The highest BCUT2D eigenvalue weighted by Gasteiger charge is 2.07. The van der Waals surface area contributed by atoms with Crippen molar-refractivity contribution in [1.29, 1.82) is 5.26 Å². The standard InChI is InChI=1S/C8H16N2O/c1-3-8(6-9)10-7(2)4-5-11/h7-8,10-11H,3-5H2,1-2H3. The zero-order valence-electron chi connectivity index (χ0n) is 7.17. The smallest absolute Gasteiger partial charge is 0.0952 e. The van der Waals surface area contributed by atoms with Crippen molar-refractivity contribution < 1.29 is 5.11 Å². The van der Waals surface area contributed by atoms with Crippen molar-refractivity contribution >= 4 is 0 Å². The van der Waals surface area contributed by atoms with Crippen LogP contribution in [-0.2, 0) is 0 Å². The first-order valence-electron chi connectivity index (χ1n) is 4.01. The van der Waals surface area contributed by atoms with E-state index in [1.807, 2.05) is 13.8 Å². The maximum absolute atomic E-state index is 8.57. The maximum atomic E-state index is 8.57. The Morgan fingerprint density at radius 3 is 2.64 bits per heavy atom. The molecule has 0 rings (SSSR count). The van der Waals surface area contributed by atoms with Crippen molar-refractivity contribution in [2.75, 3.05) is 6.61 Å². The summed E-state index contributed by atoms with van der Waals surface area (Å²) in [5.41, 5.74) is 0. The van der Waals surface area contributed by atoms with Gasteiger partial charge in [0.25, 0.3) is 0 Å². The lowest BCUT2D eigenvalue weighted by Gasteiger charge is -2.15. The highest BCUT2D eigenvalue weighted by molar-refractivity contribution is 4.89. The van der Waals surface area contributed by atoms with E-state index in [1.165, 1.54) is 0 Å². The molecule has 0 bridgehead atoms. The van der Waals surface area contributed by atoms with Gasteiger partial charge in [0.2, 0.25) is 0 Å². The van der Waals surface area contributed by atoms with Crippen LogP contribution in [0.4, 0.5) is 0 Å². The van der Waals surface area contributed by atoms with Crippen LogP contribution in [0.2, 0.25) is 0 Å². The average molecular weight is 156 g/mol. The molecule has 0 aromatic rings. The summed E-state index contributed by atoms with van der Waals surface area (Å²) < 4.78 is 0. The number of aliphatic hydroxyl groups excluding tert-OH is 1. The fourth-order valence-electron chi connectivity index (χ4n) is 0.867. The van der Waals surface area contributed by atoms with E-state index in [0.717, 1.165) is 6.42 Å². The van der Waals surface area contributed by atoms with Crippen molar-refractivity contribution in [3.63, 3.8) is 0 Å². The van der Waals surface area contributed by atoms with Gasteiger partial charge in [-0.15, -0.1) is 0 Å². The van der Waals surface area contributed by atoms with Gasteiger partial charge in [0.1, 0.15) is 0 Å². The number of hydrogen-bond acceptors (Lipinski definition) is 3.